The topological polar surface area (TPSA) is 26.0 Å². The van der Waals surface area contributed by atoms with E-state index >= 15 is 0 Å². The van der Waals surface area contributed by atoms with Gasteiger partial charge in [0.15, 0.2) is 0 Å². The predicted octanol–water partition coefficient (Wildman–Crippen LogP) is 3.86. The summed E-state index contributed by atoms with van der Waals surface area (Å²) in [4.78, 5) is 0. The van der Waals surface area contributed by atoms with Crippen molar-refractivity contribution in [2.45, 2.75) is 32.2 Å². The number of aryl methyl sites for hydroxylation is 1. The van der Waals surface area contributed by atoms with Gasteiger partial charge in [0.1, 0.15) is 0 Å². The van der Waals surface area contributed by atoms with Crippen LogP contribution in [0.4, 0.5) is 0 Å². The highest BCUT2D eigenvalue weighted by molar-refractivity contribution is 5.39. The molecular weight excluding hydrogens is 218 g/mol. The summed E-state index contributed by atoms with van der Waals surface area (Å²) < 4.78 is 0. The second kappa shape index (κ2) is 5.36. The average molecular weight is 239 g/mol. The van der Waals surface area contributed by atoms with E-state index in [0.717, 1.165) is 12.8 Å². The Morgan fingerprint density at radius 2 is 1.56 bits per heavy atom. The Kier molecular flexibility index (Phi) is 3.83. The first-order chi connectivity index (χ1) is 8.70. The Bertz CT molecular complexity index is 504. The Balaban J connectivity index is 2.49. The second-order valence-corrected chi connectivity index (χ2v) is 4.74. The van der Waals surface area contributed by atoms with E-state index in [1.54, 1.807) is 0 Å². The molecule has 0 aliphatic rings. The third-order valence-electron chi connectivity index (χ3n) is 3.70. The van der Waals surface area contributed by atoms with Gasteiger partial charge in [-0.05, 0) is 29.5 Å². The molecule has 0 heterocycles. The van der Waals surface area contributed by atoms with E-state index in [0.29, 0.717) is 0 Å². The van der Waals surface area contributed by atoms with Crippen LogP contribution in [0.5, 0.6) is 0 Å². The lowest BCUT2D eigenvalue weighted by molar-refractivity contribution is 0.518. The summed E-state index contributed by atoms with van der Waals surface area (Å²) in [5, 5.41) is 0. The van der Waals surface area contributed by atoms with Crippen molar-refractivity contribution in [2.75, 3.05) is 0 Å². The maximum atomic E-state index is 6.66. The van der Waals surface area contributed by atoms with Crippen molar-refractivity contribution in [1.29, 1.82) is 0 Å². The highest BCUT2D eigenvalue weighted by Crippen LogP contribution is 2.30. The van der Waals surface area contributed by atoms with Crippen molar-refractivity contribution < 1.29 is 0 Å². The van der Waals surface area contributed by atoms with Crippen LogP contribution in [0.1, 0.15) is 37.0 Å². The van der Waals surface area contributed by atoms with Crippen molar-refractivity contribution >= 4 is 0 Å². The predicted molar refractivity (Wildman–Crippen MR) is 77.5 cm³/mol. The van der Waals surface area contributed by atoms with Gasteiger partial charge in [-0.2, -0.15) is 0 Å². The fourth-order valence-corrected chi connectivity index (χ4v) is 2.38. The van der Waals surface area contributed by atoms with Crippen molar-refractivity contribution in [2.24, 2.45) is 5.73 Å². The molecule has 0 bridgehead atoms. The van der Waals surface area contributed by atoms with E-state index in [1.165, 1.54) is 16.7 Å². The molecule has 0 fully saturated rings. The molecule has 1 heteroatoms. The molecule has 18 heavy (non-hydrogen) atoms. The Hall–Kier alpha value is -1.60. The standard InChI is InChI=1S/C17H21N/c1-3-14-9-8-12-16(13-14)17(18,4-2)15-10-6-5-7-11-15/h5-13H,3-4,18H2,1-2H3. The summed E-state index contributed by atoms with van der Waals surface area (Å²) in [6.45, 7) is 4.32. The molecule has 0 aliphatic carbocycles. The lowest BCUT2D eigenvalue weighted by atomic mass is 9.81. The monoisotopic (exact) mass is 239 g/mol. The number of hydrogen-bond acceptors (Lipinski definition) is 1. The molecule has 94 valence electrons. The van der Waals surface area contributed by atoms with Crippen molar-refractivity contribution in [1.82, 2.24) is 0 Å². The van der Waals surface area contributed by atoms with Gasteiger partial charge in [-0.3, -0.25) is 0 Å². The minimum Gasteiger partial charge on any atom is -0.318 e. The van der Waals surface area contributed by atoms with Crippen molar-refractivity contribution in [3.8, 4) is 0 Å². The van der Waals surface area contributed by atoms with E-state index in [-0.39, 0.29) is 5.54 Å². The summed E-state index contributed by atoms with van der Waals surface area (Å²) in [5.41, 5.74) is 10.0. The zero-order valence-electron chi connectivity index (χ0n) is 11.2. The fourth-order valence-electron chi connectivity index (χ4n) is 2.38. The number of benzene rings is 2. The largest absolute Gasteiger partial charge is 0.318 e. The Labute approximate surface area is 110 Å². The first-order valence-corrected chi connectivity index (χ1v) is 6.64. The van der Waals surface area contributed by atoms with E-state index in [2.05, 4.69) is 62.4 Å². The van der Waals surface area contributed by atoms with Crippen LogP contribution in [-0.4, -0.2) is 0 Å². The first kappa shape index (κ1) is 12.8. The second-order valence-electron chi connectivity index (χ2n) is 4.74. The lowest BCUT2D eigenvalue weighted by Gasteiger charge is -2.30. The molecule has 2 N–H and O–H groups in total. The minimum atomic E-state index is -0.382. The van der Waals surface area contributed by atoms with Gasteiger partial charge >= 0.3 is 0 Å². The summed E-state index contributed by atoms with van der Waals surface area (Å²) in [6.07, 6.45) is 1.94. The molecule has 0 saturated heterocycles. The van der Waals surface area contributed by atoms with Gasteiger partial charge in [-0.1, -0.05) is 68.4 Å². The molecule has 0 aliphatic heterocycles. The van der Waals surface area contributed by atoms with Crippen LogP contribution in [0.3, 0.4) is 0 Å². The van der Waals surface area contributed by atoms with Gasteiger partial charge in [-0.15, -0.1) is 0 Å². The van der Waals surface area contributed by atoms with E-state index < -0.39 is 0 Å². The van der Waals surface area contributed by atoms with Crippen LogP contribution in [0.25, 0.3) is 0 Å². The quantitative estimate of drug-likeness (QED) is 0.861. The Morgan fingerprint density at radius 1 is 0.889 bits per heavy atom. The number of nitrogens with two attached hydrogens (primary N) is 1. The van der Waals surface area contributed by atoms with E-state index in [9.17, 15) is 0 Å². The maximum absolute atomic E-state index is 6.66. The molecule has 0 radical (unpaired) electrons. The van der Waals surface area contributed by atoms with Crippen LogP contribution in [-0.2, 0) is 12.0 Å². The average Bonchev–Trinajstić information content (AvgIpc) is 2.47. The van der Waals surface area contributed by atoms with Crippen molar-refractivity contribution in [3.63, 3.8) is 0 Å². The SMILES string of the molecule is CCc1cccc(C(N)(CC)c2ccccc2)c1. The third kappa shape index (κ3) is 2.32. The molecule has 2 rings (SSSR count). The highest BCUT2D eigenvalue weighted by atomic mass is 14.7. The van der Waals surface area contributed by atoms with Gasteiger partial charge < -0.3 is 5.73 Å². The normalized spacial score (nSPS) is 14.2. The zero-order chi connectivity index (χ0) is 13.0. The number of hydrogen-bond donors (Lipinski definition) is 1. The van der Waals surface area contributed by atoms with Gasteiger partial charge in [0.2, 0.25) is 0 Å². The molecule has 0 saturated carbocycles. The number of rotatable bonds is 4. The van der Waals surface area contributed by atoms with Gasteiger partial charge in [0.05, 0.1) is 5.54 Å². The molecule has 1 atom stereocenters. The van der Waals surface area contributed by atoms with Gasteiger partial charge in [-0.25, -0.2) is 0 Å². The summed E-state index contributed by atoms with van der Waals surface area (Å²) in [6, 6.07) is 19.0. The van der Waals surface area contributed by atoms with Crippen LogP contribution in [0.2, 0.25) is 0 Å². The van der Waals surface area contributed by atoms with Crippen LogP contribution < -0.4 is 5.73 Å². The van der Waals surface area contributed by atoms with Crippen LogP contribution in [0.15, 0.2) is 54.6 Å². The Morgan fingerprint density at radius 3 is 2.17 bits per heavy atom. The molecule has 1 nitrogen and oxygen atoms in total. The zero-order valence-corrected chi connectivity index (χ0v) is 11.2. The van der Waals surface area contributed by atoms with Crippen LogP contribution >= 0.6 is 0 Å². The first-order valence-electron chi connectivity index (χ1n) is 6.64. The molecular formula is C17H21N. The lowest BCUT2D eigenvalue weighted by Crippen LogP contribution is -2.37. The summed E-state index contributed by atoms with van der Waals surface area (Å²) in [5.74, 6) is 0. The maximum Gasteiger partial charge on any atom is 0.0663 e. The summed E-state index contributed by atoms with van der Waals surface area (Å²) >= 11 is 0. The molecule has 0 amide bonds. The molecule has 2 aromatic rings. The molecule has 0 spiro atoms. The van der Waals surface area contributed by atoms with E-state index in [4.69, 9.17) is 5.73 Å². The van der Waals surface area contributed by atoms with E-state index in [1.807, 2.05) is 6.07 Å². The highest BCUT2D eigenvalue weighted by Gasteiger charge is 2.27. The fraction of sp³-hybridized carbons (Fsp3) is 0.294. The summed E-state index contributed by atoms with van der Waals surface area (Å²) in [7, 11) is 0. The third-order valence-corrected chi connectivity index (χ3v) is 3.70. The van der Waals surface area contributed by atoms with Gasteiger partial charge in [0, 0.05) is 0 Å². The smallest absolute Gasteiger partial charge is 0.0663 e. The molecule has 2 aromatic carbocycles. The van der Waals surface area contributed by atoms with Crippen molar-refractivity contribution in [3.05, 3.63) is 71.3 Å². The molecule has 0 aromatic heterocycles. The molecule has 1 unspecified atom stereocenters. The minimum absolute atomic E-state index is 0.382. The van der Waals surface area contributed by atoms with Crippen LogP contribution in [0, 0.1) is 0 Å². The van der Waals surface area contributed by atoms with Gasteiger partial charge in [0.25, 0.3) is 0 Å².